The molecule has 0 fully saturated rings. The first-order chi connectivity index (χ1) is 43.0. The van der Waals surface area contributed by atoms with Crippen LogP contribution in [0.3, 0.4) is 0 Å². The summed E-state index contributed by atoms with van der Waals surface area (Å²) in [6.45, 7) is 4.95. The van der Waals surface area contributed by atoms with Gasteiger partial charge in [-0.1, -0.05) is 384 Å². The van der Waals surface area contributed by atoms with E-state index in [0.717, 1.165) is 38.5 Å². The second-order valence-corrected chi connectivity index (χ2v) is 27.4. The van der Waals surface area contributed by atoms with E-state index in [4.69, 9.17) is 4.74 Å². The number of unbranched alkanes of at least 4 members (excludes halogenated alkanes) is 60. The van der Waals surface area contributed by atoms with Gasteiger partial charge in [-0.25, -0.2) is 0 Å². The van der Waals surface area contributed by atoms with Gasteiger partial charge in [-0.05, 0) is 83.5 Å². The summed E-state index contributed by atoms with van der Waals surface area (Å²) in [4.78, 5) is 24.7. The maximum Gasteiger partial charge on any atom is 0.305 e. The lowest BCUT2D eigenvalue weighted by molar-refractivity contribution is -0.143. The first-order valence-corrected chi connectivity index (χ1v) is 39.8. The highest BCUT2D eigenvalue weighted by Gasteiger charge is 2.18. The molecule has 514 valence electrons. The van der Waals surface area contributed by atoms with Crippen molar-refractivity contribution in [1.82, 2.24) is 5.32 Å². The zero-order chi connectivity index (χ0) is 62.8. The summed E-state index contributed by atoms with van der Waals surface area (Å²) >= 11 is 0. The van der Waals surface area contributed by atoms with E-state index in [1.165, 1.54) is 379 Å². The predicted octanol–water partition coefficient (Wildman–Crippen LogP) is 26.2. The first kappa shape index (κ1) is 85.1. The van der Waals surface area contributed by atoms with Crippen molar-refractivity contribution in [3.63, 3.8) is 0 Å². The molecule has 2 unspecified atom stereocenters. The van der Waals surface area contributed by atoms with Crippen molar-refractivity contribution in [3.05, 3.63) is 36.5 Å². The lowest BCUT2D eigenvalue weighted by Gasteiger charge is -2.20. The zero-order valence-corrected chi connectivity index (χ0v) is 59.0. The smallest absolute Gasteiger partial charge is 0.305 e. The van der Waals surface area contributed by atoms with Crippen LogP contribution in [0.5, 0.6) is 0 Å². The van der Waals surface area contributed by atoms with E-state index in [9.17, 15) is 19.8 Å². The molecule has 0 aliphatic carbocycles. The Morgan fingerprint density at radius 1 is 0.310 bits per heavy atom. The van der Waals surface area contributed by atoms with Crippen molar-refractivity contribution >= 4 is 11.9 Å². The van der Waals surface area contributed by atoms with Crippen LogP contribution < -0.4 is 5.32 Å². The Morgan fingerprint density at radius 3 is 0.816 bits per heavy atom. The quantitative estimate of drug-likeness (QED) is 0.0320. The van der Waals surface area contributed by atoms with Crippen LogP contribution in [0.15, 0.2) is 36.5 Å². The largest absolute Gasteiger partial charge is 0.466 e. The summed E-state index contributed by atoms with van der Waals surface area (Å²) in [6.07, 6.45) is 99.8. The molecule has 6 heteroatoms. The highest BCUT2D eigenvalue weighted by Crippen LogP contribution is 2.19. The molecule has 0 heterocycles. The molecule has 0 spiro atoms. The monoisotopic (exact) mass is 1220 g/mol. The van der Waals surface area contributed by atoms with Gasteiger partial charge in [0.1, 0.15) is 0 Å². The topological polar surface area (TPSA) is 95.9 Å². The molecular weight excluding hydrogens is 1070 g/mol. The Bertz CT molecular complexity index is 1410. The average Bonchev–Trinajstić information content (AvgIpc) is 3.53. The van der Waals surface area contributed by atoms with Gasteiger partial charge in [-0.2, -0.15) is 0 Å². The fraction of sp³-hybridized carbons (Fsp3) is 0.901. The fourth-order valence-electron chi connectivity index (χ4n) is 12.6. The summed E-state index contributed by atoms with van der Waals surface area (Å²) in [7, 11) is 0. The maximum absolute atomic E-state index is 12.5. The molecule has 0 aliphatic heterocycles. The Balaban J connectivity index is 3.37. The van der Waals surface area contributed by atoms with Gasteiger partial charge in [0.15, 0.2) is 0 Å². The molecule has 1 amide bonds. The van der Waals surface area contributed by atoms with Gasteiger partial charge < -0.3 is 20.3 Å². The molecule has 0 saturated carbocycles. The molecular formula is C81H155NO5. The third kappa shape index (κ3) is 73.0. The van der Waals surface area contributed by atoms with Crippen LogP contribution in [0.1, 0.15) is 444 Å². The van der Waals surface area contributed by atoms with Crippen molar-refractivity contribution in [2.75, 3.05) is 13.2 Å². The normalized spacial score (nSPS) is 12.6. The standard InChI is InChI=1S/C81H155NO5/c1-3-5-7-9-11-13-15-17-19-21-23-38-41-45-49-53-57-61-65-69-73-79(84)78(77-83)82-80(85)74-70-66-62-58-54-50-46-42-39-35-33-31-29-27-25-24-26-28-30-32-34-36-40-44-48-52-56-60-64-68-72-76-87-81(86)75-71-67-63-59-55-51-47-43-37-22-20-18-16-14-12-10-8-6-4-2/h18,20,26,28,69,73,78-79,83-84H,3-17,19,21-25,27,29-68,70-72,74-77H2,1-2H3,(H,82,85)/b20-18-,28-26-,73-69+. The number of hydrogen-bond acceptors (Lipinski definition) is 5. The molecule has 87 heavy (non-hydrogen) atoms. The minimum atomic E-state index is -0.844. The van der Waals surface area contributed by atoms with Crippen molar-refractivity contribution in [1.29, 1.82) is 0 Å². The van der Waals surface area contributed by atoms with E-state index in [0.29, 0.717) is 19.4 Å². The fourth-order valence-corrected chi connectivity index (χ4v) is 12.6. The molecule has 0 aliphatic rings. The number of carbonyl (C=O) groups is 2. The third-order valence-electron chi connectivity index (χ3n) is 18.6. The summed E-state index contributed by atoms with van der Waals surface area (Å²) in [5.41, 5.74) is 0. The van der Waals surface area contributed by atoms with E-state index in [2.05, 4.69) is 43.5 Å². The Hall–Kier alpha value is -1.92. The Kier molecular flexibility index (Phi) is 74.8. The number of nitrogens with one attached hydrogen (secondary N) is 1. The molecule has 0 aromatic heterocycles. The van der Waals surface area contributed by atoms with Crippen LogP contribution >= 0.6 is 0 Å². The van der Waals surface area contributed by atoms with E-state index < -0.39 is 12.1 Å². The number of ether oxygens (including phenoxy) is 1. The van der Waals surface area contributed by atoms with Crippen LogP contribution in [-0.4, -0.2) is 47.4 Å². The summed E-state index contributed by atoms with van der Waals surface area (Å²) in [5.74, 6) is -0.0439. The molecule has 0 aromatic carbocycles. The minimum Gasteiger partial charge on any atom is -0.466 e. The molecule has 6 nitrogen and oxygen atoms in total. The highest BCUT2D eigenvalue weighted by atomic mass is 16.5. The summed E-state index contributed by atoms with van der Waals surface area (Å²) in [5, 5.41) is 23.3. The average molecular weight is 1220 g/mol. The van der Waals surface area contributed by atoms with Gasteiger partial charge >= 0.3 is 5.97 Å². The molecule has 0 saturated heterocycles. The number of amides is 1. The maximum atomic E-state index is 12.5. The number of aliphatic hydroxyl groups excluding tert-OH is 2. The van der Waals surface area contributed by atoms with Gasteiger partial charge in [0, 0.05) is 12.8 Å². The van der Waals surface area contributed by atoms with Gasteiger partial charge in [-0.3, -0.25) is 9.59 Å². The number of esters is 1. The van der Waals surface area contributed by atoms with Crippen molar-refractivity contribution in [3.8, 4) is 0 Å². The second kappa shape index (κ2) is 76.5. The van der Waals surface area contributed by atoms with Crippen molar-refractivity contribution in [2.45, 2.75) is 456 Å². The third-order valence-corrected chi connectivity index (χ3v) is 18.6. The Morgan fingerprint density at radius 2 is 0.540 bits per heavy atom. The number of aliphatic hydroxyl groups is 2. The molecule has 2 atom stereocenters. The number of hydrogen-bond donors (Lipinski definition) is 3. The van der Waals surface area contributed by atoms with Crippen LogP contribution in [0.2, 0.25) is 0 Å². The molecule has 0 radical (unpaired) electrons. The van der Waals surface area contributed by atoms with Gasteiger partial charge in [0.25, 0.3) is 0 Å². The Labute approximate surface area is 544 Å². The van der Waals surface area contributed by atoms with Crippen LogP contribution in [0.4, 0.5) is 0 Å². The van der Waals surface area contributed by atoms with E-state index in [-0.39, 0.29) is 18.5 Å². The van der Waals surface area contributed by atoms with Crippen LogP contribution in [0, 0.1) is 0 Å². The lowest BCUT2D eigenvalue weighted by Crippen LogP contribution is -2.45. The van der Waals surface area contributed by atoms with E-state index >= 15 is 0 Å². The number of rotatable bonds is 75. The summed E-state index contributed by atoms with van der Waals surface area (Å²) in [6, 6.07) is -0.627. The second-order valence-electron chi connectivity index (χ2n) is 27.4. The summed E-state index contributed by atoms with van der Waals surface area (Å²) < 4.78 is 5.52. The van der Waals surface area contributed by atoms with Gasteiger partial charge in [-0.15, -0.1) is 0 Å². The van der Waals surface area contributed by atoms with Crippen molar-refractivity contribution < 1.29 is 24.5 Å². The zero-order valence-electron chi connectivity index (χ0n) is 59.0. The van der Waals surface area contributed by atoms with Gasteiger partial charge in [0.2, 0.25) is 5.91 Å². The minimum absolute atomic E-state index is 0.0178. The van der Waals surface area contributed by atoms with E-state index in [1.54, 1.807) is 6.08 Å². The molecule has 0 rings (SSSR count). The van der Waals surface area contributed by atoms with Crippen LogP contribution in [0.25, 0.3) is 0 Å². The molecule has 3 N–H and O–H groups in total. The first-order valence-electron chi connectivity index (χ1n) is 39.8. The SMILES string of the molecule is CCCCCCCC/C=C\CCCCCCCCCCCC(=O)OCCCCCCCCCCCCCC/C=C\CCCCCCCCCCCCCCCCCC(=O)NC(CO)C(O)/C=C/CCCCCCCCCCCCCCCCCCCC. The lowest BCUT2D eigenvalue weighted by atomic mass is 10.0. The van der Waals surface area contributed by atoms with Gasteiger partial charge in [0.05, 0.1) is 25.4 Å². The van der Waals surface area contributed by atoms with Crippen LogP contribution in [-0.2, 0) is 14.3 Å². The van der Waals surface area contributed by atoms with E-state index in [1.807, 2.05) is 6.08 Å². The van der Waals surface area contributed by atoms with Crippen molar-refractivity contribution in [2.24, 2.45) is 0 Å². The molecule has 0 aromatic rings. The molecule has 0 bridgehead atoms. The predicted molar refractivity (Wildman–Crippen MR) is 384 cm³/mol. The number of carbonyl (C=O) groups excluding carboxylic acids is 2. The highest BCUT2D eigenvalue weighted by molar-refractivity contribution is 5.76. The number of allylic oxidation sites excluding steroid dienone is 5.